The van der Waals surface area contributed by atoms with Gasteiger partial charge in [0.15, 0.2) is 11.5 Å². The number of nitrogens with two attached hydrogens (primary N) is 1. The normalized spacial score (nSPS) is 18.1. The van der Waals surface area contributed by atoms with Crippen LogP contribution in [0.25, 0.3) is 0 Å². The van der Waals surface area contributed by atoms with Crippen LogP contribution in [0.1, 0.15) is 6.42 Å². The summed E-state index contributed by atoms with van der Waals surface area (Å²) < 4.78 is 10.4. The minimum atomic E-state index is 0.0175. The van der Waals surface area contributed by atoms with E-state index < -0.39 is 0 Å². The molecule has 1 aliphatic heterocycles. The number of ether oxygens (including phenoxy) is 2. The van der Waals surface area contributed by atoms with E-state index in [9.17, 15) is 4.79 Å². The molecule has 1 aromatic carbocycles. The Morgan fingerprint density at radius 3 is 2.63 bits per heavy atom. The summed E-state index contributed by atoms with van der Waals surface area (Å²) in [4.78, 5) is 12.1. The van der Waals surface area contributed by atoms with E-state index in [-0.39, 0.29) is 11.8 Å². The summed E-state index contributed by atoms with van der Waals surface area (Å²) in [6.45, 7) is 0. The Hall–Kier alpha value is -1.56. The molecule has 1 atom stereocenters. The van der Waals surface area contributed by atoms with Gasteiger partial charge in [-0.25, -0.2) is 0 Å². The molecule has 5 nitrogen and oxygen atoms in total. The third-order valence-corrected chi connectivity index (χ3v) is 4.28. The van der Waals surface area contributed by atoms with Crippen LogP contribution in [0.5, 0.6) is 11.5 Å². The maximum absolute atomic E-state index is 12.1. The molecule has 1 aromatic rings. The first-order chi connectivity index (χ1) is 9.15. The van der Waals surface area contributed by atoms with E-state index in [2.05, 4.69) is 5.32 Å². The van der Waals surface area contributed by atoms with Gasteiger partial charge in [-0.2, -0.15) is 11.8 Å². The molecular formula is C13H18N2O3S. The average Bonchev–Trinajstić information content (AvgIpc) is 2.94. The first-order valence-electron chi connectivity index (χ1n) is 6.05. The van der Waals surface area contributed by atoms with E-state index in [0.29, 0.717) is 22.9 Å². The fourth-order valence-corrected chi connectivity index (χ4v) is 3.20. The van der Waals surface area contributed by atoms with Crippen LogP contribution in [0.4, 0.5) is 11.4 Å². The summed E-state index contributed by atoms with van der Waals surface area (Å²) >= 11 is 1.80. The van der Waals surface area contributed by atoms with Crippen LogP contribution in [0, 0.1) is 5.92 Å². The third-order valence-electron chi connectivity index (χ3n) is 3.11. The van der Waals surface area contributed by atoms with E-state index in [4.69, 9.17) is 15.2 Å². The number of carbonyl (C=O) groups is 1. The number of hydrogen-bond acceptors (Lipinski definition) is 5. The Morgan fingerprint density at radius 2 is 2.05 bits per heavy atom. The number of thioether (sulfide) groups is 1. The average molecular weight is 282 g/mol. The number of nitrogens with one attached hydrogen (secondary N) is 1. The molecule has 0 saturated carbocycles. The van der Waals surface area contributed by atoms with E-state index in [1.54, 1.807) is 38.1 Å². The van der Waals surface area contributed by atoms with Crippen molar-refractivity contribution in [2.24, 2.45) is 5.92 Å². The molecule has 0 aliphatic carbocycles. The molecule has 0 spiro atoms. The highest BCUT2D eigenvalue weighted by Gasteiger charge is 2.24. The highest BCUT2D eigenvalue weighted by atomic mass is 32.2. The molecule has 0 bridgehead atoms. The lowest BCUT2D eigenvalue weighted by atomic mass is 10.1. The zero-order valence-corrected chi connectivity index (χ0v) is 11.9. The molecule has 1 unspecified atom stereocenters. The van der Waals surface area contributed by atoms with Gasteiger partial charge < -0.3 is 20.5 Å². The van der Waals surface area contributed by atoms with Gasteiger partial charge in [-0.05, 0) is 12.2 Å². The topological polar surface area (TPSA) is 73.6 Å². The van der Waals surface area contributed by atoms with Crippen molar-refractivity contribution in [1.29, 1.82) is 0 Å². The monoisotopic (exact) mass is 282 g/mol. The summed E-state index contributed by atoms with van der Waals surface area (Å²) in [5.41, 5.74) is 6.95. The van der Waals surface area contributed by atoms with Crippen molar-refractivity contribution in [1.82, 2.24) is 0 Å². The number of carbonyl (C=O) groups excluding carboxylic acids is 1. The molecular weight excluding hydrogens is 264 g/mol. The highest BCUT2D eigenvalue weighted by Crippen LogP contribution is 2.35. The molecule has 19 heavy (non-hydrogen) atoms. The van der Waals surface area contributed by atoms with Gasteiger partial charge in [0.2, 0.25) is 5.91 Å². The lowest BCUT2D eigenvalue weighted by molar-refractivity contribution is -0.119. The van der Waals surface area contributed by atoms with Gasteiger partial charge in [-0.15, -0.1) is 0 Å². The van der Waals surface area contributed by atoms with E-state index in [1.165, 1.54) is 0 Å². The summed E-state index contributed by atoms with van der Waals surface area (Å²) in [5, 5.41) is 2.87. The molecule has 2 rings (SSSR count). The maximum Gasteiger partial charge on any atom is 0.228 e. The van der Waals surface area contributed by atoms with Crippen molar-refractivity contribution in [3.05, 3.63) is 12.1 Å². The first kappa shape index (κ1) is 13.9. The van der Waals surface area contributed by atoms with Gasteiger partial charge in [-0.3, -0.25) is 4.79 Å². The quantitative estimate of drug-likeness (QED) is 0.826. The smallest absolute Gasteiger partial charge is 0.228 e. The number of anilines is 2. The molecule has 6 heteroatoms. The molecule has 0 aromatic heterocycles. The lowest BCUT2D eigenvalue weighted by Gasteiger charge is -2.15. The standard InChI is InChI=1S/C13H18N2O3S/c1-17-11-5-9(14)10(6-12(11)18-2)15-13(16)8-3-4-19-7-8/h5-6,8H,3-4,7,14H2,1-2H3,(H,15,16). The Kier molecular flexibility index (Phi) is 4.42. The molecule has 3 N–H and O–H groups in total. The SMILES string of the molecule is COc1cc(N)c(NC(=O)C2CCSC2)cc1OC. The summed E-state index contributed by atoms with van der Waals surface area (Å²) in [7, 11) is 3.10. The second-order valence-electron chi connectivity index (χ2n) is 4.34. The van der Waals surface area contributed by atoms with E-state index in [1.807, 2.05) is 0 Å². The Morgan fingerprint density at radius 1 is 1.37 bits per heavy atom. The summed E-state index contributed by atoms with van der Waals surface area (Å²) in [5.74, 6) is 3.10. The predicted octanol–water partition coefficient (Wildman–Crippen LogP) is 1.98. The fourth-order valence-electron chi connectivity index (χ4n) is 1.98. The number of benzene rings is 1. The molecule has 1 heterocycles. The van der Waals surface area contributed by atoms with E-state index >= 15 is 0 Å². The zero-order valence-electron chi connectivity index (χ0n) is 11.1. The number of hydrogen-bond donors (Lipinski definition) is 2. The molecule has 1 saturated heterocycles. The van der Waals surface area contributed by atoms with Gasteiger partial charge in [-0.1, -0.05) is 0 Å². The molecule has 1 aliphatic rings. The van der Waals surface area contributed by atoms with Crippen LogP contribution in [0.15, 0.2) is 12.1 Å². The van der Waals surface area contributed by atoms with Crippen molar-refractivity contribution in [2.45, 2.75) is 6.42 Å². The van der Waals surface area contributed by atoms with Crippen LogP contribution in [0.3, 0.4) is 0 Å². The summed E-state index contributed by atoms with van der Waals surface area (Å²) in [6, 6.07) is 3.34. The van der Waals surface area contributed by atoms with Gasteiger partial charge in [0.05, 0.1) is 25.6 Å². The van der Waals surface area contributed by atoms with Crippen molar-refractivity contribution >= 4 is 29.0 Å². The molecule has 104 valence electrons. The number of methoxy groups -OCH3 is 2. The maximum atomic E-state index is 12.1. The molecule has 1 amide bonds. The van der Waals surface area contributed by atoms with Gasteiger partial charge in [0, 0.05) is 23.8 Å². The predicted molar refractivity (Wildman–Crippen MR) is 78.0 cm³/mol. The lowest BCUT2D eigenvalue weighted by Crippen LogP contribution is -2.22. The largest absolute Gasteiger partial charge is 0.493 e. The van der Waals surface area contributed by atoms with E-state index in [0.717, 1.165) is 17.9 Å². The summed E-state index contributed by atoms with van der Waals surface area (Å²) in [6.07, 6.45) is 0.920. The Labute approximate surface area is 116 Å². The van der Waals surface area contributed by atoms with Crippen LogP contribution >= 0.6 is 11.8 Å². The molecule has 0 radical (unpaired) electrons. The minimum Gasteiger partial charge on any atom is -0.493 e. The first-order valence-corrected chi connectivity index (χ1v) is 7.21. The molecule has 1 fully saturated rings. The van der Waals surface area contributed by atoms with Crippen molar-refractivity contribution in [2.75, 3.05) is 36.8 Å². The van der Waals surface area contributed by atoms with Gasteiger partial charge in [0.1, 0.15) is 0 Å². The number of nitrogen functional groups attached to an aromatic ring is 1. The number of rotatable bonds is 4. The van der Waals surface area contributed by atoms with Crippen molar-refractivity contribution < 1.29 is 14.3 Å². The van der Waals surface area contributed by atoms with Crippen LogP contribution in [-0.2, 0) is 4.79 Å². The Bertz CT molecular complexity index is 473. The fraction of sp³-hybridized carbons (Fsp3) is 0.462. The number of amides is 1. The Balaban J connectivity index is 2.17. The second kappa shape index (κ2) is 6.06. The van der Waals surface area contributed by atoms with Gasteiger partial charge in [0.25, 0.3) is 0 Å². The second-order valence-corrected chi connectivity index (χ2v) is 5.49. The zero-order chi connectivity index (χ0) is 13.8. The van der Waals surface area contributed by atoms with Gasteiger partial charge >= 0.3 is 0 Å². The van der Waals surface area contributed by atoms with Crippen molar-refractivity contribution in [3.63, 3.8) is 0 Å². The minimum absolute atomic E-state index is 0.0175. The highest BCUT2D eigenvalue weighted by molar-refractivity contribution is 7.99. The van der Waals surface area contributed by atoms with Crippen LogP contribution < -0.4 is 20.5 Å². The third kappa shape index (κ3) is 3.07. The van der Waals surface area contributed by atoms with Crippen LogP contribution in [-0.4, -0.2) is 31.6 Å². The van der Waals surface area contributed by atoms with Crippen molar-refractivity contribution in [3.8, 4) is 11.5 Å². The van der Waals surface area contributed by atoms with Crippen LogP contribution in [0.2, 0.25) is 0 Å².